The molecule has 3 aromatic rings. The Morgan fingerprint density at radius 3 is 2.69 bits per heavy atom. The fraction of sp³-hybridized carbons (Fsp3) is 0.0455. The van der Waals surface area contributed by atoms with Crippen LogP contribution in [0.5, 0.6) is 5.75 Å². The van der Waals surface area contributed by atoms with Gasteiger partial charge in [0.1, 0.15) is 17.3 Å². The molecule has 0 unspecified atom stereocenters. The van der Waals surface area contributed by atoms with Crippen molar-refractivity contribution < 1.29 is 18.7 Å². The average molecular weight is 579 g/mol. The number of halogens is 3. The smallest absolute Gasteiger partial charge is 0.267 e. The van der Waals surface area contributed by atoms with Gasteiger partial charge in [-0.05, 0) is 75.7 Å². The summed E-state index contributed by atoms with van der Waals surface area (Å²) in [5.41, 5.74) is 1.14. The summed E-state index contributed by atoms with van der Waals surface area (Å²) in [5, 5.41) is 18.8. The number of amides is 1. The minimum absolute atomic E-state index is 0.0247. The lowest BCUT2D eigenvalue weighted by Gasteiger charge is -2.12. The van der Waals surface area contributed by atoms with Crippen molar-refractivity contribution in [2.45, 2.75) is 6.54 Å². The minimum Gasteiger partial charge on any atom is -0.506 e. The molecular formula is C22H14Br2FN3O3S. The van der Waals surface area contributed by atoms with Crippen LogP contribution in [-0.4, -0.2) is 27.3 Å². The topological polar surface area (TPSA) is 78.4 Å². The van der Waals surface area contributed by atoms with E-state index in [-0.39, 0.29) is 24.0 Å². The van der Waals surface area contributed by atoms with E-state index in [1.54, 1.807) is 42.5 Å². The number of carbonyl (C=O) groups excluding carboxylic acids is 1. The molecular weight excluding hydrogens is 565 g/mol. The Hall–Kier alpha value is -2.69. The van der Waals surface area contributed by atoms with E-state index in [1.807, 2.05) is 0 Å². The van der Waals surface area contributed by atoms with E-state index < -0.39 is 0 Å². The van der Waals surface area contributed by atoms with Gasteiger partial charge in [0.15, 0.2) is 5.17 Å². The maximum Gasteiger partial charge on any atom is 0.267 e. The molecule has 0 spiro atoms. The van der Waals surface area contributed by atoms with Crippen molar-refractivity contribution in [2.24, 2.45) is 10.2 Å². The third kappa shape index (κ3) is 5.20. The van der Waals surface area contributed by atoms with Gasteiger partial charge in [0.05, 0.1) is 28.4 Å². The molecule has 4 rings (SSSR count). The van der Waals surface area contributed by atoms with Gasteiger partial charge in [-0.3, -0.25) is 9.69 Å². The maximum absolute atomic E-state index is 13.2. The van der Waals surface area contributed by atoms with Crippen LogP contribution < -0.4 is 0 Å². The van der Waals surface area contributed by atoms with E-state index in [4.69, 9.17) is 4.42 Å². The highest BCUT2D eigenvalue weighted by Gasteiger charge is 2.34. The first-order valence-corrected chi connectivity index (χ1v) is 11.6. The Balaban J connectivity index is 1.64. The van der Waals surface area contributed by atoms with Gasteiger partial charge in [-0.1, -0.05) is 28.1 Å². The lowest BCUT2D eigenvalue weighted by Crippen LogP contribution is -2.28. The van der Waals surface area contributed by atoms with E-state index in [0.29, 0.717) is 31.4 Å². The summed E-state index contributed by atoms with van der Waals surface area (Å²) < 4.78 is 19.8. The highest BCUT2D eigenvalue weighted by atomic mass is 79.9. The van der Waals surface area contributed by atoms with Crippen LogP contribution in [0.4, 0.5) is 4.39 Å². The van der Waals surface area contributed by atoms with Crippen LogP contribution in [0, 0.1) is 5.82 Å². The van der Waals surface area contributed by atoms with Gasteiger partial charge < -0.3 is 9.52 Å². The van der Waals surface area contributed by atoms with Crippen LogP contribution in [0.2, 0.25) is 0 Å². The average Bonchev–Trinajstić information content (AvgIpc) is 3.37. The van der Waals surface area contributed by atoms with Gasteiger partial charge in [0.25, 0.3) is 5.91 Å². The van der Waals surface area contributed by atoms with Gasteiger partial charge in [-0.15, -0.1) is 5.10 Å². The van der Waals surface area contributed by atoms with Crippen LogP contribution in [0.15, 0.2) is 83.3 Å². The molecule has 32 heavy (non-hydrogen) atoms. The first-order chi connectivity index (χ1) is 15.4. The highest BCUT2D eigenvalue weighted by molar-refractivity contribution is 9.11. The quantitative estimate of drug-likeness (QED) is 0.223. The number of carbonyl (C=O) groups is 1. The normalized spacial score (nSPS) is 16.7. The summed E-state index contributed by atoms with van der Waals surface area (Å²) in [4.78, 5) is 14.9. The first kappa shape index (κ1) is 22.5. The molecule has 1 N–H and O–H groups in total. The number of hydrogen-bond donors (Lipinski definition) is 1. The second kappa shape index (κ2) is 9.85. The minimum atomic E-state index is -0.351. The number of phenolic OH excluding ortho intramolecular Hbond substituents is 1. The third-order valence-corrected chi connectivity index (χ3v) is 6.41. The molecule has 6 nitrogen and oxygen atoms in total. The van der Waals surface area contributed by atoms with Gasteiger partial charge >= 0.3 is 0 Å². The highest BCUT2D eigenvalue weighted by Crippen LogP contribution is 2.34. The van der Waals surface area contributed by atoms with Crippen molar-refractivity contribution in [1.82, 2.24) is 4.90 Å². The molecule has 162 valence electrons. The zero-order valence-electron chi connectivity index (χ0n) is 16.2. The van der Waals surface area contributed by atoms with Crippen molar-refractivity contribution in [3.63, 3.8) is 0 Å². The Bertz CT molecular complexity index is 1240. The second-order valence-electron chi connectivity index (χ2n) is 6.59. The van der Waals surface area contributed by atoms with Gasteiger partial charge in [-0.25, -0.2) is 4.39 Å². The van der Waals surface area contributed by atoms with E-state index in [2.05, 4.69) is 42.1 Å². The summed E-state index contributed by atoms with van der Waals surface area (Å²) in [5.74, 6) is -0.00221. The summed E-state index contributed by atoms with van der Waals surface area (Å²) >= 11 is 7.79. The Labute approximate surface area is 203 Å². The van der Waals surface area contributed by atoms with Gasteiger partial charge in [0, 0.05) is 10.0 Å². The SMILES string of the molecule is O=C1/C(=C/c2ccc(F)cc2)S/C(=N/N=C\c2cc(Br)cc(Br)c2O)N1Cc1ccco1. The molecule has 1 aliphatic heterocycles. The number of rotatable bonds is 5. The molecule has 1 aromatic heterocycles. The van der Waals surface area contributed by atoms with E-state index in [9.17, 15) is 14.3 Å². The number of phenols is 1. The number of amidine groups is 1. The molecule has 0 radical (unpaired) electrons. The fourth-order valence-corrected chi connectivity index (χ4v) is 5.01. The Morgan fingerprint density at radius 2 is 1.97 bits per heavy atom. The molecule has 10 heteroatoms. The zero-order chi connectivity index (χ0) is 22.7. The number of thioether (sulfide) groups is 1. The molecule has 1 aliphatic rings. The van der Waals surface area contributed by atoms with E-state index in [1.165, 1.54) is 29.5 Å². The fourth-order valence-electron chi connectivity index (χ4n) is 2.82. The molecule has 1 saturated heterocycles. The number of aromatic hydroxyl groups is 1. The van der Waals surface area contributed by atoms with Crippen molar-refractivity contribution >= 4 is 67.0 Å². The van der Waals surface area contributed by atoms with Crippen molar-refractivity contribution in [3.8, 4) is 5.75 Å². The van der Waals surface area contributed by atoms with Crippen LogP contribution in [0.1, 0.15) is 16.9 Å². The van der Waals surface area contributed by atoms with Crippen molar-refractivity contribution in [3.05, 3.63) is 91.3 Å². The van der Waals surface area contributed by atoms with Crippen LogP contribution >= 0.6 is 43.6 Å². The summed E-state index contributed by atoms with van der Waals surface area (Å²) in [6.07, 6.45) is 4.60. The molecule has 2 aromatic carbocycles. The monoisotopic (exact) mass is 577 g/mol. The van der Waals surface area contributed by atoms with Crippen molar-refractivity contribution in [1.29, 1.82) is 0 Å². The van der Waals surface area contributed by atoms with Crippen molar-refractivity contribution in [2.75, 3.05) is 0 Å². The van der Waals surface area contributed by atoms with Crippen LogP contribution in [0.25, 0.3) is 6.08 Å². The molecule has 0 aliphatic carbocycles. The number of hydrogen-bond acceptors (Lipinski definition) is 6. The molecule has 1 amide bonds. The standard InChI is InChI=1S/C22H14Br2FN3O3S/c23-15-9-14(20(29)18(24)10-15)11-26-27-22-28(12-17-2-1-7-31-17)21(30)19(32-22)8-13-3-5-16(25)6-4-13/h1-11,29H,12H2/b19-8-,26-11-,27-22+. The summed E-state index contributed by atoms with van der Waals surface area (Å²) in [6.45, 7) is 0.182. The van der Waals surface area contributed by atoms with E-state index in [0.717, 1.165) is 16.2 Å². The summed E-state index contributed by atoms with van der Waals surface area (Å²) in [6, 6.07) is 12.7. The molecule has 1 fully saturated rings. The van der Waals surface area contributed by atoms with E-state index >= 15 is 0 Å². The van der Waals surface area contributed by atoms with Gasteiger partial charge in [0.2, 0.25) is 0 Å². The Kier molecular flexibility index (Phi) is 6.92. The predicted molar refractivity (Wildman–Crippen MR) is 130 cm³/mol. The Morgan fingerprint density at radius 1 is 1.19 bits per heavy atom. The molecule has 0 bridgehead atoms. The van der Waals surface area contributed by atoms with Crippen LogP contribution in [-0.2, 0) is 11.3 Å². The molecule has 0 atom stereocenters. The zero-order valence-corrected chi connectivity index (χ0v) is 20.2. The summed E-state index contributed by atoms with van der Waals surface area (Å²) in [7, 11) is 0. The lowest BCUT2D eigenvalue weighted by molar-refractivity contribution is -0.122. The number of furan rings is 1. The maximum atomic E-state index is 13.2. The molecule has 2 heterocycles. The predicted octanol–water partition coefficient (Wildman–Crippen LogP) is 6.16. The largest absolute Gasteiger partial charge is 0.506 e. The number of benzene rings is 2. The third-order valence-electron chi connectivity index (χ3n) is 4.35. The molecule has 0 saturated carbocycles. The van der Waals surface area contributed by atoms with Gasteiger partial charge in [-0.2, -0.15) is 5.10 Å². The first-order valence-electron chi connectivity index (χ1n) is 9.19. The number of nitrogens with zero attached hydrogens (tertiary/aromatic N) is 3. The lowest BCUT2D eigenvalue weighted by atomic mass is 10.2. The second-order valence-corrected chi connectivity index (χ2v) is 9.36. The van der Waals surface area contributed by atoms with Crippen LogP contribution in [0.3, 0.4) is 0 Å².